The number of benzene rings is 2. The normalized spacial score (nSPS) is 14.9. The fourth-order valence-electron chi connectivity index (χ4n) is 3.21. The summed E-state index contributed by atoms with van der Waals surface area (Å²) in [6.07, 6.45) is 2.28. The van der Waals surface area contributed by atoms with Gasteiger partial charge in [-0.3, -0.25) is 14.2 Å². The molecule has 0 bridgehead atoms. The van der Waals surface area contributed by atoms with Crippen LogP contribution in [0.1, 0.15) is 30.6 Å². The van der Waals surface area contributed by atoms with Crippen LogP contribution in [0.5, 0.6) is 0 Å². The summed E-state index contributed by atoms with van der Waals surface area (Å²) in [4.78, 5) is 37.3. The maximum absolute atomic E-state index is 13.4. The Morgan fingerprint density at radius 2 is 1.60 bits per heavy atom. The molecule has 0 saturated carbocycles. The van der Waals surface area contributed by atoms with Crippen LogP contribution in [-0.4, -0.2) is 47.9 Å². The van der Waals surface area contributed by atoms with E-state index < -0.39 is 16.6 Å². The van der Waals surface area contributed by atoms with E-state index in [2.05, 4.69) is 5.32 Å². The molecule has 3 unspecified atom stereocenters. The monoisotopic (exact) mass is 429 g/mol. The van der Waals surface area contributed by atoms with Crippen molar-refractivity contribution in [2.75, 3.05) is 24.3 Å². The Bertz CT molecular complexity index is 860. The Morgan fingerprint density at radius 3 is 2.13 bits per heavy atom. The van der Waals surface area contributed by atoms with Crippen molar-refractivity contribution in [2.24, 2.45) is 0 Å². The number of nitrogens with one attached hydrogen (secondary N) is 1. The maximum Gasteiger partial charge on any atom is 0.341 e. The highest BCUT2D eigenvalue weighted by atomic mass is 32.2. The molecule has 0 aliphatic rings. The van der Waals surface area contributed by atoms with Gasteiger partial charge < -0.3 is 10.5 Å². The minimum absolute atomic E-state index is 0.0310. The number of Topliss-reactive ketones (excluding diaryl/α,β-unsaturated/α-hetero) is 1. The zero-order chi connectivity index (χ0) is 22.1. The lowest BCUT2D eigenvalue weighted by Gasteiger charge is -2.40. The fraction of sp³-hybridized carbons (Fsp3) is 0.348. The molecule has 3 atom stereocenters. The number of para-hydroxylation sites is 1. The third-order valence-corrected chi connectivity index (χ3v) is 6.57. The molecule has 30 heavy (non-hydrogen) atoms. The Balaban J connectivity index is 2.08. The Hall–Kier alpha value is -2.48. The minimum Gasteiger partial charge on any atom is -0.620 e. The van der Waals surface area contributed by atoms with Gasteiger partial charge >= 0.3 is 5.91 Å². The van der Waals surface area contributed by atoms with Gasteiger partial charge in [0.05, 0.1) is 12.8 Å². The van der Waals surface area contributed by atoms with Crippen LogP contribution in [0.25, 0.3) is 0 Å². The molecule has 0 aliphatic carbocycles. The van der Waals surface area contributed by atoms with E-state index >= 15 is 0 Å². The number of nitrogens with zero attached hydrogens (tertiary/aromatic N) is 1. The summed E-state index contributed by atoms with van der Waals surface area (Å²) in [6.45, 7) is 3.02. The zero-order valence-electron chi connectivity index (χ0n) is 17.7. The number of likely N-dealkylation sites (N-methyl/N-ethyl adjacent to an activating group) is 1. The standard InChI is InChI=1S/C23H28N2O4S/c1-4-25(29,20-13-9-6-10-14-20)23(28)21(24-18(2)26)15-16-30(3)17-22(27)19-11-7-5-8-12-19/h5-14,21H,4,15-17H2,1-3H3/p+1. The number of ketones is 1. The average molecular weight is 430 g/mol. The van der Waals surface area contributed by atoms with E-state index in [4.69, 9.17) is 0 Å². The van der Waals surface area contributed by atoms with Crippen molar-refractivity contribution in [3.05, 3.63) is 71.4 Å². The molecule has 2 amide bonds. The molecular formula is C23H29N2O4S+. The van der Waals surface area contributed by atoms with Crippen LogP contribution in [0, 0.1) is 5.21 Å². The highest BCUT2D eigenvalue weighted by molar-refractivity contribution is 7.96. The van der Waals surface area contributed by atoms with Gasteiger partial charge in [0.25, 0.3) is 0 Å². The molecule has 2 aromatic carbocycles. The summed E-state index contributed by atoms with van der Waals surface area (Å²) >= 11 is 0. The number of rotatable bonds is 10. The smallest absolute Gasteiger partial charge is 0.341 e. The average Bonchev–Trinajstić information content (AvgIpc) is 2.76. The van der Waals surface area contributed by atoms with Crippen LogP contribution >= 0.6 is 0 Å². The van der Waals surface area contributed by atoms with Crippen molar-refractivity contribution in [2.45, 2.75) is 26.3 Å². The number of hydrogen-bond acceptors (Lipinski definition) is 4. The van der Waals surface area contributed by atoms with E-state index in [1.54, 1.807) is 49.4 Å². The number of hydrogen-bond donors (Lipinski definition) is 1. The first-order valence-electron chi connectivity index (χ1n) is 9.91. The molecule has 2 rings (SSSR count). The van der Waals surface area contributed by atoms with Crippen molar-refractivity contribution >= 4 is 34.2 Å². The SMILES string of the molecule is CC[N+]([O-])(C(=O)C(CC[S+](C)CC(=O)c1ccccc1)NC(C)=O)c1ccccc1. The summed E-state index contributed by atoms with van der Waals surface area (Å²) in [7, 11) is -0.288. The van der Waals surface area contributed by atoms with Crippen molar-refractivity contribution in [3.63, 3.8) is 0 Å². The van der Waals surface area contributed by atoms with Crippen molar-refractivity contribution in [1.29, 1.82) is 0 Å². The highest BCUT2D eigenvalue weighted by Gasteiger charge is 2.37. The van der Waals surface area contributed by atoms with Gasteiger partial charge in [0.1, 0.15) is 17.5 Å². The molecule has 0 radical (unpaired) electrons. The predicted octanol–water partition coefficient (Wildman–Crippen LogP) is 3.06. The number of carbonyl (C=O) groups is 3. The van der Waals surface area contributed by atoms with E-state index in [1.165, 1.54) is 6.92 Å². The summed E-state index contributed by atoms with van der Waals surface area (Å²) in [5.41, 5.74) is 1.01. The number of quaternary nitrogens is 1. The quantitative estimate of drug-likeness (QED) is 0.272. The molecule has 0 saturated heterocycles. The van der Waals surface area contributed by atoms with E-state index in [0.29, 0.717) is 29.2 Å². The van der Waals surface area contributed by atoms with Crippen molar-refractivity contribution < 1.29 is 14.4 Å². The zero-order valence-corrected chi connectivity index (χ0v) is 18.5. The molecule has 7 heteroatoms. The summed E-state index contributed by atoms with van der Waals surface area (Å²) < 4.78 is -1.13. The highest BCUT2D eigenvalue weighted by Crippen LogP contribution is 2.23. The number of carbonyl (C=O) groups excluding carboxylic acids is 3. The fourth-order valence-corrected chi connectivity index (χ4v) is 4.61. The molecule has 0 aliphatic heterocycles. The first kappa shape index (κ1) is 23.8. The van der Waals surface area contributed by atoms with E-state index in [-0.39, 0.29) is 29.1 Å². The first-order valence-corrected chi connectivity index (χ1v) is 11.9. The van der Waals surface area contributed by atoms with Gasteiger partial charge in [0.2, 0.25) is 11.7 Å². The lowest BCUT2D eigenvalue weighted by Crippen LogP contribution is -2.58. The van der Waals surface area contributed by atoms with Crippen molar-refractivity contribution in [3.8, 4) is 0 Å². The number of hydroxylamine groups is 2. The van der Waals surface area contributed by atoms with Gasteiger partial charge in [0, 0.05) is 18.9 Å². The second-order valence-corrected chi connectivity index (χ2v) is 9.45. The van der Waals surface area contributed by atoms with Crippen molar-refractivity contribution in [1.82, 2.24) is 9.96 Å². The molecule has 160 valence electrons. The maximum atomic E-state index is 13.4. The van der Waals surface area contributed by atoms with Crippen LogP contribution in [0.15, 0.2) is 60.7 Å². The van der Waals surface area contributed by atoms with E-state index in [0.717, 1.165) is 0 Å². The summed E-state index contributed by atoms with van der Waals surface area (Å²) in [5.74, 6) is 0.0316. The van der Waals surface area contributed by atoms with Crippen LogP contribution in [0.2, 0.25) is 0 Å². The van der Waals surface area contributed by atoms with Crippen LogP contribution in [-0.2, 0) is 20.5 Å². The van der Waals surface area contributed by atoms with Gasteiger partial charge in [-0.15, -0.1) is 0 Å². The molecule has 0 spiro atoms. The van der Waals surface area contributed by atoms with Gasteiger partial charge in [-0.25, -0.2) is 4.79 Å². The van der Waals surface area contributed by atoms with Gasteiger partial charge in [-0.1, -0.05) is 48.5 Å². The minimum atomic E-state index is -1.13. The third-order valence-electron chi connectivity index (χ3n) is 4.88. The predicted molar refractivity (Wildman–Crippen MR) is 123 cm³/mol. The number of amides is 2. The lowest BCUT2D eigenvalue weighted by atomic mass is 10.1. The van der Waals surface area contributed by atoms with Gasteiger partial charge in [0.15, 0.2) is 5.75 Å². The van der Waals surface area contributed by atoms with Crippen LogP contribution in [0.3, 0.4) is 0 Å². The largest absolute Gasteiger partial charge is 0.620 e. The van der Waals surface area contributed by atoms with Gasteiger partial charge in [-0.05, 0) is 30.0 Å². The Labute approximate surface area is 180 Å². The molecular weight excluding hydrogens is 400 g/mol. The first-order chi connectivity index (χ1) is 14.3. The summed E-state index contributed by atoms with van der Waals surface area (Å²) in [6, 6.07) is 16.7. The summed E-state index contributed by atoms with van der Waals surface area (Å²) in [5, 5.41) is 16.0. The molecule has 0 heterocycles. The third kappa shape index (κ3) is 6.26. The van der Waals surface area contributed by atoms with E-state index in [9.17, 15) is 19.6 Å². The van der Waals surface area contributed by atoms with Crippen LogP contribution < -0.4 is 9.96 Å². The Kier molecular flexibility index (Phi) is 8.77. The van der Waals surface area contributed by atoms with E-state index in [1.807, 2.05) is 24.5 Å². The molecule has 1 N–H and O–H groups in total. The molecule has 6 nitrogen and oxygen atoms in total. The lowest BCUT2D eigenvalue weighted by molar-refractivity contribution is -0.133. The molecule has 2 aromatic rings. The topological polar surface area (TPSA) is 86.3 Å². The second-order valence-electron chi connectivity index (χ2n) is 7.19. The van der Waals surface area contributed by atoms with Crippen LogP contribution in [0.4, 0.5) is 5.69 Å². The molecule has 0 aromatic heterocycles. The van der Waals surface area contributed by atoms with Gasteiger partial charge in [-0.2, -0.15) is 0 Å². The second kappa shape index (κ2) is 11.1. The Morgan fingerprint density at radius 1 is 1.03 bits per heavy atom. The molecule has 0 fully saturated rings.